The van der Waals surface area contributed by atoms with Crippen molar-refractivity contribution in [2.45, 2.75) is 33.1 Å². The van der Waals surface area contributed by atoms with Crippen LogP contribution in [0.4, 0.5) is 8.78 Å². The van der Waals surface area contributed by atoms with Gasteiger partial charge in [0.2, 0.25) is 0 Å². The van der Waals surface area contributed by atoms with Crippen molar-refractivity contribution in [1.82, 2.24) is 5.43 Å². The van der Waals surface area contributed by atoms with Crippen molar-refractivity contribution in [2.24, 2.45) is 5.84 Å². The highest BCUT2D eigenvalue weighted by molar-refractivity contribution is 5.28. The van der Waals surface area contributed by atoms with Crippen molar-refractivity contribution < 1.29 is 18.3 Å². The molecule has 0 aliphatic rings. The molecule has 1 aromatic rings. The van der Waals surface area contributed by atoms with Gasteiger partial charge >= 0.3 is 0 Å². The molecule has 0 saturated heterocycles. The number of ether oxygens (including phenoxy) is 2. The lowest BCUT2D eigenvalue weighted by molar-refractivity contribution is -0.155. The first-order valence-electron chi connectivity index (χ1n) is 6.20. The Balaban J connectivity index is 3.10. The Morgan fingerprint density at radius 3 is 2.21 bits per heavy atom. The second-order valence-electron chi connectivity index (χ2n) is 4.02. The molecule has 0 aliphatic heterocycles. The van der Waals surface area contributed by atoms with Crippen molar-refractivity contribution in [3.8, 4) is 0 Å². The maximum atomic E-state index is 14.0. The molecule has 0 aliphatic carbocycles. The van der Waals surface area contributed by atoms with Crippen molar-refractivity contribution in [1.29, 1.82) is 0 Å². The van der Waals surface area contributed by atoms with Gasteiger partial charge in [0.05, 0.1) is 6.04 Å². The second kappa shape index (κ2) is 7.49. The zero-order valence-corrected chi connectivity index (χ0v) is 11.4. The smallest absolute Gasteiger partial charge is 0.178 e. The monoisotopic (exact) mass is 274 g/mol. The van der Waals surface area contributed by atoms with E-state index >= 15 is 0 Å². The number of halogens is 2. The van der Waals surface area contributed by atoms with Gasteiger partial charge in [-0.2, -0.15) is 0 Å². The summed E-state index contributed by atoms with van der Waals surface area (Å²) in [7, 11) is 0. The number of benzene rings is 1. The highest BCUT2D eigenvalue weighted by Crippen LogP contribution is 2.25. The van der Waals surface area contributed by atoms with Crippen LogP contribution in [0.2, 0.25) is 0 Å². The Bertz CT molecular complexity index is 410. The average molecular weight is 274 g/mol. The summed E-state index contributed by atoms with van der Waals surface area (Å²) in [6, 6.07) is 2.19. The third-order valence-electron chi connectivity index (χ3n) is 2.75. The van der Waals surface area contributed by atoms with Crippen LogP contribution in [0.15, 0.2) is 12.1 Å². The van der Waals surface area contributed by atoms with Crippen LogP contribution < -0.4 is 11.3 Å². The van der Waals surface area contributed by atoms with Crippen molar-refractivity contribution in [3.05, 3.63) is 34.9 Å². The number of hydrogen-bond donors (Lipinski definition) is 2. The van der Waals surface area contributed by atoms with E-state index in [1.54, 1.807) is 13.8 Å². The van der Waals surface area contributed by atoms with Crippen LogP contribution in [0.5, 0.6) is 0 Å². The van der Waals surface area contributed by atoms with E-state index in [1.807, 2.05) is 0 Å². The van der Waals surface area contributed by atoms with Gasteiger partial charge in [-0.15, -0.1) is 0 Å². The summed E-state index contributed by atoms with van der Waals surface area (Å²) in [5.74, 6) is 3.60. The Hall–Kier alpha value is -1.08. The molecule has 0 fully saturated rings. The Morgan fingerprint density at radius 1 is 1.16 bits per heavy atom. The van der Waals surface area contributed by atoms with E-state index < -0.39 is 24.0 Å². The van der Waals surface area contributed by atoms with Gasteiger partial charge in [0.1, 0.15) is 0 Å². The van der Waals surface area contributed by atoms with E-state index in [1.165, 1.54) is 19.1 Å². The van der Waals surface area contributed by atoms with E-state index in [4.69, 9.17) is 15.3 Å². The molecule has 1 aromatic carbocycles. The summed E-state index contributed by atoms with van der Waals surface area (Å²) >= 11 is 0. The van der Waals surface area contributed by atoms with Crippen LogP contribution in [-0.2, 0) is 9.47 Å². The van der Waals surface area contributed by atoms with E-state index in [9.17, 15) is 8.78 Å². The van der Waals surface area contributed by atoms with Crippen LogP contribution in [0.3, 0.4) is 0 Å². The van der Waals surface area contributed by atoms with Crippen molar-refractivity contribution in [3.63, 3.8) is 0 Å². The lowest BCUT2D eigenvalue weighted by Crippen LogP contribution is -2.40. The van der Waals surface area contributed by atoms with Crippen molar-refractivity contribution >= 4 is 0 Å². The topological polar surface area (TPSA) is 56.5 Å². The molecule has 0 saturated carbocycles. The molecule has 4 nitrogen and oxygen atoms in total. The van der Waals surface area contributed by atoms with Crippen LogP contribution in [0.25, 0.3) is 0 Å². The fourth-order valence-corrected chi connectivity index (χ4v) is 1.79. The molecule has 1 rings (SSSR count). The van der Waals surface area contributed by atoms with E-state index in [0.717, 1.165) is 0 Å². The minimum absolute atomic E-state index is 0.0810. The summed E-state index contributed by atoms with van der Waals surface area (Å²) in [6.07, 6.45) is -0.781. The average Bonchev–Trinajstić information content (AvgIpc) is 2.40. The molecule has 0 heterocycles. The predicted molar refractivity (Wildman–Crippen MR) is 68.2 cm³/mol. The molecule has 0 radical (unpaired) electrons. The maximum Gasteiger partial charge on any atom is 0.178 e. The van der Waals surface area contributed by atoms with Crippen LogP contribution in [0, 0.1) is 18.6 Å². The minimum atomic E-state index is -0.938. The summed E-state index contributed by atoms with van der Waals surface area (Å²) in [5, 5.41) is 0. The summed E-state index contributed by atoms with van der Waals surface area (Å²) in [4.78, 5) is 0. The molecule has 0 amide bonds. The van der Waals surface area contributed by atoms with Gasteiger partial charge in [-0.05, 0) is 26.3 Å². The number of aryl methyl sites for hydroxylation is 1. The Morgan fingerprint density at radius 2 is 1.74 bits per heavy atom. The number of rotatable bonds is 7. The first kappa shape index (κ1) is 16.0. The second-order valence-corrected chi connectivity index (χ2v) is 4.02. The van der Waals surface area contributed by atoms with E-state index in [2.05, 4.69) is 5.43 Å². The molecule has 3 N–H and O–H groups in total. The first-order valence-corrected chi connectivity index (χ1v) is 6.20. The van der Waals surface area contributed by atoms with Gasteiger partial charge in [0.25, 0.3) is 0 Å². The van der Waals surface area contributed by atoms with Gasteiger partial charge in [-0.1, -0.05) is 12.1 Å². The third kappa shape index (κ3) is 3.70. The molecule has 6 heteroatoms. The number of hydrazine groups is 1. The highest BCUT2D eigenvalue weighted by Gasteiger charge is 2.27. The molecule has 0 aromatic heterocycles. The van der Waals surface area contributed by atoms with Crippen molar-refractivity contribution in [2.75, 3.05) is 13.2 Å². The zero-order chi connectivity index (χ0) is 14.4. The SMILES string of the molecule is CCOC(OCC)C(NN)c1ccc(C)c(F)c1F. The summed E-state index contributed by atoms with van der Waals surface area (Å²) in [6.45, 7) is 5.81. The fraction of sp³-hybridized carbons (Fsp3) is 0.538. The third-order valence-corrected chi connectivity index (χ3v) is 2.75. The standard InChI is InChI=1S/C13H20F2N2O2/c1-4-18-13(19-5-2)12(17-16)9-7-6-8(3)10(14)11(9)15/h6-7,12-13,17H,4-5,16H2,1-3H3. The first-order chi connectivity index (χ1) is 9.06. The van der Waals surface area contributed by atoms with Gasteiger partial charge in [0.15, 0.2) is 17.9 Å². The van der Waals surface area contributed by atoms with Gasteiger partial charge in [-0.25, -0.2) is 14.2 Å². The quantitative estimate of drug-likeness (QED) is 0.454. The normalized spacial score (nSPS) is 13.0. The zero-order valence-electron chi connectivity index (χ0n) is 11.4. The van der Waals surface area contributed by atoms with Gasteiger partial charge in [-0.3, -0.25) is 5.84 Å². The lowest BCUT2D eigenvalue weighted by atomic mass is 10.0. The summed E-state index contributed by atoms with van der Waals surface area (Å²) in [5.41, 5.74) is 2.74. The molecular formula is C13H20F2N2O2. The van der Waals surface area contributed by atoms with E-state index in [0.29, 0.717) is 13.2 Å². The van der Waals surface area contributed by atoms with Gasteiger partial charge in [0, 0.05) is 18.8 Å². The highest BCUT2D eigenvalue weighted by atomic mass is 19.2. The van der Waals surface area contributed by atoms with E-state index in [-0.39, 0.29) is 11.1 Å². The maximum absolute atomic E-state index is 14.0. The molecule has 1 unspecified atom stereocenters. The molecule has 1 atom stereocenters. The summed E-state index contributed by atoms with van der Waals surface area (Å²) < 4.78 is 38.3. The Labute approximate surface area is 111 Å². The number of nitrogens with two attached hydrogens (primary N) is 1. The largest absolute Gasteiger partial charge is 0.351 e. The minimum Gasteiger partial charge on any atom is -0.351 e. The fourth-order valence-electron chi connectivity index (χ4n) is 1.79. The van der Waals surface area contributed by atoms with Gasteiger partial charge < -0.3 is 9.47 Å². The predicted octanol–water partition coefficient (Wildman–Crippen LogP) is 2.18. The number of hydrogen-bond acceptors (Lipinski definition) is 4. The number of nitrogens with one attached hydrogen (secondary N) is 1. The molecular weight excluding hydrogens is 254 g/mol. The molecule has 0 bridgehead atoms. The molecule has 108 valence electrons. The molecule has 19 heavy (non-hydrogen) atoms. The lowest BCUT2D eigenvalue weighted by Gasteiger charge is -2.27. The van der Waals surface area contributed by atoms with Crippen LogP contribution in [0.1, 0.15) is 31.0 Å². The molecule has 0 spiro atoms. The van der Waals surface area contributed by atoms with Crippen LogP contribution >= 0.6 is 0 Å². The van der Waals surface area contributed by atoms with Crippen LogP contribution in [-0.4, -0.2) is 19.5 Å². The Kier molecular flexibility index (Phi) is 6.30.